The summed E-state index contributed by atoms with van der Waals surface area (Å²) in [4.78, 5) is 14.1. The third-order valence-corrected chi connectivity index (χ3v) is 5.04. The van der Waals surface area contributed by atoms with Gasteiger partial charge in [0.15, 0.2) is 0 Å². The highest BCUT2D eigenvalue weighted by molar-refractivity contribution is 5.68. The number of hydrogen-bond donors (Lipinski definition) is 1. The lowest BCUT2D eigenvalue weighted by Crippen LogP contribution is -2.46. The molecule has 2 rings (SSSR count). The summed E-state index contributed by atoms with van der Waals surface area (Å²) in [6.45, 7) is 13.6. The van der Waals surface area contributed by atoms with E-state index in [1.807, 2.05) is 39.5 Å². The highest BCUT2D eigenvalue weighted by Gasteiger charge is 2.38. The van der Waals surface area contributed by atoms with Crippen molar-refractivity contribution in [2.45, 2.75) is 72.1 Å². The van der Waals surface area contributed by atoms with Crippen molar-refractivity contribution in [2.24, 2.45) is 17.8 Å². The van der Waals surface area contributed by atoms with E-state index in [1.165, 1.54) is 12.8 Å². The standard InChI is InChI=1S/C19H34N2O2/c1-13(2)21(18(22)23-19(4,5)6)10-9-20-14(3)17-12-15-7-8-16(17)11-15/h7-8,13-17,20H,9-12H2,1-6H3. The van der Waals surface area contributed by atoms with Crippen molar-refractivity contribution >= 4 is 6.09 Å². The Morgan fingerprint density at radius 2 is 1.96 bits per heavy atom. The first-order valence-corrected chi connectivity index (χ1v) is 9.08. The van der Waals surface area contributed by atoms with Crippen molar-refractivity contribution in [3.63, 3.8) is 0 Å². The molecule has 4 heteroatoms. The van der Waals surface area contributed by atoms with Gasteiger partial charge in [-0.25, -0.2) is 4.79 Å². The molecule has 1 N–H and O–H groups in total. The van der Waals surface area contributed by atoms with Gasteiger partial charge in [-0.05, 0) is 72.1 Å². The molecule has 2 bridgehead atoms. The zero-order valence-electron chi connectivity index (χ0n) is 15.6. The summed E-state index contributed by atoms with van der Waals surface area (Å²) in [6.07, 6.45) is 7.22. The monoisotopic (exact) mass is 322 g/mol. The molecular formula is C19H34N2O2. The molecule has 0 heterocycles. The van der Waals surface area contributed by atoms with Gasteiger partial charge in [0.1, 0.15) is 5.60 Å². The fourth-order valence-electron chi connectivity index (χ4n) is 3.84. The predicted molar refractivity (Wildman–Crippen MR) is 94.4 cm³/mol. The second kappa shape index (κ2) is 7.25. The number of carbonyl (C=O) groups is 1. The average molecular weight is 322 g/mol. The Morgan fingerprint density at radius 1 is 1.26 bits per heavy atom. The summed E-state index contributed by atoms with van der Waals surface area (Å²) in [5.74, 6) is 2.32. The summed E-state index contributed by atoms with van der Waals surface area (Å²) in [6, 6.07) is 0.648. The Morgan fingerprint density at radius 3 is 2.43 bits per heavy atom. The van der Waals surface area contributed by atoms with Crippen molar-refractivity contribution in [3.8, 4) is 0 Å². The normalized spacial score (nSPS) is 27.5. The van der Waals surface area contributed by atoms with Crippen molar-refractivity contribution in [2.75, 3.05) is 13.1 Å². The van der Waals surface area contributed by atoms with Crippen LogP contribution in [-0.2, 0) is 4.74 Å². The van der Waals surface area contributed by atoms with Gasteiger partial charge in [0.05, 0.1) is 0 Å². The molecule has 0 saturated heterocycles. The number of ether oxygens (including phenoxy) is 1. The van der Waals surface area contributed by atoms with Gasteiger partial charge in [-0.2, -0.15) is 0 Å². The summed E-state index contributed by atoms with van der Waals surface area (Å²) >= 11 is 0. The molecule has 4 atom stereocenters. The zero-order chi connectivity index (χ0) is 17.2. The van der Waals surface area contributed by atoms with E-state index in [0.29, 0.717) is 12.6 Å². The van der Waals surface area contributed by atoms with Crippen LogP contribution in [-0.4, -0.2) is 41.8 Å². The molecule has 2 aliphatic carbocycles. The van der Waals surface area contributed by atoms with E-state index >= 15 is 0 Å². The van der Waals surface area contributed by atoms with Gasteiger partial charge in [-0.15, -0.1) is 0 Å². The topological polar surface area (TPSA) is 41.6 Å². The smallest absolute Gasteiger partial charge is 0.410 e. The van der Waals surface area contributed by atoms with Gasteiger partial charge in [-0.3, -0.25) is 0 Å². The molecule has 4 unspecified atom stereocenters. The maximum atomic E-state index is 12.3. The number of fused-ring (bicyclic) bond motifs is 2. The lowest BCUT2D eigenvalue weighted by molar-refractivity contribution is 0.0191. The molecule has 0 radical (unpaired) electrons. The number of nitrogens with zero attached hydrogens (tertiary/aromatic N) is 1. The van der Waals surface area contributed by atoms with Crippen molar-refractivity contribution < 1.29 is 9.53 Å². The van der Waals surface area contributed by atoms with Crippen molar-refractivity contribution in [3.05, 3.63) is 12.2 Å². The SMILES string of the molecule is CC(NCCN(C(=O)OC(C)(C)C)C(C)C)C1CC2C=CC1C2. The Labute approximate surface area is 141 Å². The van der Waals surface area contributed by atoms with Gasteiger partial charge < -0.3 is 15.0 Å². The Hall–Kier alpha value is -1.03. The molecule has 1 fully saturated rings. The van der Waals surface area contributed by atoms with Gasteiger partial charge in [0.25, 0.3) is 0 Å². The molecule has 1 saturated carbocycles. The van der Waals surface area contributed by atoms with Crippen LogP contribution in [0.25, 0.3) is 0 Å². The van der Waals surface area contributed by atoms with E-state index in [2.05, 4.69) is 24.4 Å². The van der Waals surface area contributed by atoms with Crippen LogP contribution < -0.4 is 5.32 Å². The number of allylic oxidation sites excluding steroid dienone is 2. The Kier molecular flexibility index (Phi) is 5.77. The van der Waals surface area contributed by atoms with Gasteiger partial charge in [0.2, 0.25) is 0 Å². The fourth-order valence-corrected chi connectivity index (χ4v) is 3.84. The van der Waals surface area contributed by atoms with Crippen LogP contribution in [0.5, 0.6) is 0 Å². The summed E-state index contributed by atoms with van der Waals surface area (Å²) in [5.41, 5.74) is -0.444. The van der Waals surface area contributed by atoms with Crippen LogP contribution in [0.1, 0.15) is 54.4 Å². The average Bonchev–Trinajstić information content (AvgIpc) is 3.03. The Balaban J connectivity index is 1.78. The minimum Gasteiger partial charge on any atom is -0.444 e. The highest BCUT2D eigenvalue weighted by atomic mass is 16.6. The first kappa shape index (κ1) is 18.3. The predicted octanol–water partition coefficient (Wildman–Crippen LogP) is 3.82. The minimum absolute atomic E-state index is 0.146. The molecular weight excluding hydrogens is 288 g/mol. The van der Waals surface area contributed by atoms with Crippen LogP contribution in [0, 0.1) is 17.8 Å². The van der Waals surface area contributed by atoms with Crippen LogP contribution >= 0.6 is 0 Å². The minimum atomic E-state index is -0.444. The molecule has 2 aliphatic rings. The molecule has 23 heavy (non-hydrogen) atoms. The number of hydrogen-bond acceptors (Lipinski definition) is 3. The summed E-state index contributed by atoms with van der Waals surface area (Å²) in [7, 11) is 0. The van der Waals surface area contributed by atoms with E-state index in [1.54, 1.807) is 0 Å². The molecule has 132 valence electrons. The van der Waals surface area contributed by atoms with Crippen molar-refractivity contribution in [1.29, 1.82) is 0 Å². The van der Waals surface area contributed by atoms with E-state index < -0.39 is 5.60 Å². The second-order valence-corrected chi connectivity index (χ2v) is 8.45. The van der Waals surface area contributed by atoms with Crippen molar-refractivity contribution in [1.82, 2.24) is 10.2 Å². The maximum Gasteiger partial charge on any atom is 0.410 e. The number of rotatable bonds is 6. The van der Waals surface area contributed by atoms with Crippen LogP contribution in [0.4, 0.5) is 4.79 Å². The molecule has 0 aliphatic heterocycles. The van der Waals surface area contributed by atoms with E-state index in [4.69, 9.17) is 4.74 Å². The van der Waals surface area contributed by atoms with E-state index in [9.17, 15) is 4.79 Å². The number of nitrogens with one attached hydrogen (secondary N) is 1. The van der Waals surface area contributed by atoms with Crippen LogP contribution in [0.3, 0.4) is 0 Å². The van der Waals surface area contributed by atoms with Gasteiger partial charge in [-0.1, -0.05) is 12.2 Å². The fraction of sp³-hybridized carbons (Fsp3) is 0.842. The molecule has 4 nitrogen and oxygen atoms in total. The molecule has 0 spiro atoms. The van der Waals surface area contributed by atoms with Crippen LogP contribution in [0.15, 0.2) is 12.2 Å². The summed E-state index contributed by atoms with van der Waals surface area (Å²) < 4.78 is 5.51. The third-order valence-electron chi connectivity index (χ3n) is 5.04. The largest absolute Gasteiger partial charge is 0.444 e. The number of amides is 1. The molecule has 0 aromatic carbocycles. The number of carbonyl (C=O) groups excluding carboxylic acids is 1. The molecule has 0 aromatic heterocycles. The quantitative estimate of drug-likeness (QED) is 0.756. The second-order valence-electron chi connectivity index (χ2n) is 8.45. The zero-order valence-corrected chi connectivity index (χ0v) is 15.6. The lowest BCUT2D eigenvalue weighted by atomic mass is 9.87. The van der Waals surface area contributed by atoms with E-state index in [-0.39, 0.29) is 12.1 Å². The third kappa shape index (κ3) is 4.97. The first-order chi connectivity index (χ1) is 10.7. The molecule has 1 amide bonds. The molecule has 0 aromatic rings. The van der Waals surface area contributed by atoms with Crippen LogP contribution in [0.2, 0.25) is 0 Å². The Bertz CT molecular complexity index is 439. The lowest BCUT2D eigenvalue weighted by Gasteiger charge is -2.31. The summed E-state index contributed by atoms with van der Waals surface area (Å²) in [5, 5.41) is 3.63. The first-order valence-electron chi connectivity index (χ1n) is 9.08. The van der Waals surface area contributed by atoms with E-state index in [0.717, 1.165) is 24.3 Å². The van der Waals surface area contributed by atoms with Gasteiger partial charge >= 0.3 is 6.09 Å². The van der Waals surface area contributed by atoms with Gasteiger partial charge in [0, 0.05) is 25.2 Å². The maximum absolute atomic E-state index is 12.3. The highest BCUT2D eigenvalue weighted by Crippen LogP contribution is 2.44.